The normalized spacial score (nSPS) is 12.0. The largest absolute Gasteiger partial charge is 0.337 e. The quantitative estimate of drug-likeness (QED) is 0.807. The van der Waals surface area contributed by atoms with Gasteiger partial charge in [-0.1, -0.05) is 32.9 Å². The minimum absolute atomic E-state index is 0.0985. The van der Waals surface area contributed by atoms with Gasteiger partial charge in [-0.05, 0) is 0 Å². The van der Waals surface area contributed by atoms with Crippen LogP contribution in [0.1, 0.15) is 45.2 Å². The zero-order valence-electron chi connectivity index (χ0n) is 10.6. The monoisotopic (exact) mass is 235 g/mol. The number of rotatable bonds is 3. The van der Waals surface area contributed by atoms with Crippen LogP contribution < -0.4 is 0 Å². The van der Waals surface area contributed by atoms with Gasteiger partial charge in [0.15, 0.2) is 5.82 Å². The molecule has 0 unspecified atom stereocenters. The van der Waals surface area contributed by atoms with Crippen LogP contribution in [0.2, 0.25) is 0 Å². The van der Waals surface area contributed by atoms with Crippen LogP contribution in [0.3, 0.4) is 0 Å². The first-order valence-corrected chi connectivity index (χ1v) is 5.70. The molecule has 2 heterocycles. The van der Waals surface area contributed by atoms with Crippen molar-refractivity contribution in [1.82, 2.24) is 24.9 Å². The molecule has 17 heavy (non-hydrogen) atoms. The Kier molecular flexibility index (Phi) is 2.95. The van der Waals surface area contributed by atoms with Crippen molar-refractivity contribution < 1.29 is 4.52 Å². The number of hydrogen-bond donors (Lipinski definition) is 0. The molecule has 0 atom stereocenters. The van der Waals surface area contributed by atoms with Crippen molar-refractivity contribution in [3.8, 4) is 0 Å². The highest BCUT2D eigenvalue weighted by molar-refractivity contribution is 5.00. The summed E-state index contributed by atoms with van der Waals surface area (Å²) in [4.78, 5) is 8.49. The van der Waals surface area contributed by atoms with Gasteiger partial charge in [-0.2, -0.15) is 10.1 Å². The maximum atomic E-state index is 5.19. The summed E-state index contributed by atoms with van der Waals surface area (Å²) in [6.45, 7) is 8.63. The van der Waals surface area contributed by atoms with Gasteiger partial charge in [0, 0.05) is 11.8 Å². The fourth-order valence-corrected chi connectivity index (χ4v) is 1.33. The van der Waals surface area contributed by atoms with E-state index in [1.54, 1.807) is 11.0 Å². The molecule has 0 N–H and O–H groups in total. The third-order valence-corrected chi connectivity index (χ3v) is 2.34. The summed E-state index contributed by atoms with van der Waals surface area (Å²) in [6, 6.07) is 0. The highest BCUT2D eigenvalue weighted by Crippen LogP contribution is 2.18. The van der Waals surface area contributed by atoms with Gasteiger partial charge >= 0.3 is 0 Å². The second-order valence-electron chi connectivity index (χ2n) is 4.97. The van der Waals surface area contributed by atoms with Gasteiger partial charge in [-0.15, -0.1) is 0 Å². The van der Waals surface area contributed by atoms with Crippen molar-refractivity contribution in [2.75, 3.05) is 0 Å². The van der Waals surface area contributed by atoms with Crippen molar-refractivity contribution >= 4 is 0 Å². The lowest BCUT2D eigenvalue weighted by molar-refractivity contribution is 0.353. The molecular weight excluding hydrogens is 218 g/mol. The molecule has 6 nitrogen and oxygen atoms in total. The number of aromatic nitrogens is 5. The summed E-state index contributed by atoms with van der Waals surface area (Å²) < 4.78 is 6.90. The van der Waals surface area contributed by atoms with Crippen LogP contribution in [0.5, 0.6) is 0 Å². The molecule has 0 amide bonds. The van der Waals surface area contributed by atoms with E-state index < -0.39 is 0 Å². The molecule has 92 valence electrons. The lowest BCUT2D eigenvalue weighted by Crippen LogP contribution is -2.13. The fraction of sp³-hybridized carbons (Fsp3) is 0.636. The molecule has 0 bridgehead atoms. The Morgan fingerprint density at radius 2 is 2.12 bits per heavy atom. The molecule has 0 radical (unpaired) electrons. The molecule has 0 fully saturated rings. The van der Waals surface area contributed by atoms with E-state index in [0.29, 0.717) is 18.3 Å². The molecule has 0 saturated heterocycles. The molecule has 2 rings (SSSR count). The van der Waals surface area contributed by atoms with Gasteiger partial charge in [0.2, 0.25) is 5.89 Å². The molecule has 0 aliphatic rings. The van der Waals surface area contributed by atoms with Crippen molar-refractivity contribution in [3.05, 3.63) is 23.9 Å². The van der Waals surface area contributed by atoms with Gasteiger partial charge in [-0.3, -0.25) is 0 Å². The predicted molar refractivity (Wildman–Crippen MR) is 61.5 cm³/mol. The SMILES string of the molecule is CCc1ncn(Cc2nc(C(C)(C)C)no2)n1. The topological polar surface area (TPSA) is 69.6 Å². The number of aryl methyl sites for hydroxylation is 1. The lowest BCUT2D eigenvalue weighted by atomic mass is 9.96. The van der Waals surface area contributed by atoms with E-state index in [0.717, 1.165) is 12.2 Å². The van der Waals surface area contributed by atoms with E-state index in [4.69, 9.17) is 4.52 Å². The summed E-state index contributed by atoms with van der Waals surface area (Å²) in [5.41, 5.74) is -0.0985. The highest BCUT2D eigenvalue weighted by Gasteiger charge is 2.21. The Morgan fingerprint density at radius 3 is 2.65 bits per heavy atom. The maximum absolute atomic E-state index is 5.19. The Balaban J connectivity index is 2.11. The predicted octanol–water partition coefficient (Wildman–Crippen LogP) is 1.57. The van der Waals surface area contributed by atoms with E-state index in [-0.39, 0.29) is 5.41 Å². The van der Waals surface area contributed by atoms with E-state index in [1.807, 2.05) is 27.7 Å². The van der Waals surface area contributed by atoms with Crippen molar-refractivity contribution in [1.29, 1.82) is 0 Å². The average molecular weight is 235 g/mol. The zero-order chi connectivity index (χ0) is 12.5. The van der Waals surface area contributed by atoms with Gasteiger partial charge in [0.05, 0.1) is 0 Å². The van der Waals surface area contributed by atoms with Crippen LogP contribution in [-0.4, -0.2) is 24.9 Å². The minimum atomic E-state index is -0.0985. The second-order valence-corrected chi connectivity index (χ2v) is 4.97. The summed E-state index contributed by atoms with van der Waals surface area (Å²) in [7, 11) is 0. The second kappa shape index (κ2) is 4.27. The van der Waals surface area contributed by atoms with E-state index in [2.05, 4.69) is 20.2 Å². The maximum Gasteiger partial charge on any atom is 0.248 e. The Labute approximate surface area is 100 Å². The summed E-state index contributed by atoms with van der Waals surface area (Å²) in [5, 5.41) is 8.24. The van der Waals surface area contributed by atoms with Crippen LogP contribution in [0, 0.1) is 0 Å². The molecule has 0 aliphatic heterocycles. The highest BCUT2D eigenvalue weighted by atomic mass is 16.5. The van der Waals surface area contributed by atoms with E-state index in [9.17, 15) is 0 Å². The van der Waals surface area contributed by atoms with Crippen LogP contribution in [0.4, 0.5) is 0 Å². The van der Waals surface area contributed by atoms with Gasteiger partial charge < -0.3 is 4.52 Å². The fourth-order valence-electron chi connectivity index (χ4n) is 1.33. The Bertz CT molecular complexity index is 494. The first kappa shape index (κ1) is 11.8. The molecule has 2 aromatic rings. The van der Waals surface area contributed by atoms with Crippen molar-refractivity contribution in [2.24, 2.45) is 0 Å². The van der Waals surface area contributed by atoms with E-state index >= 15 is 0 Å². The number of hydrogen-bond acceptors (Lipinski definition) is 5. The summed E-state index contributed by atoms with van der Waals surface area (Å²) >= 11 is 0. The molecule has 0 spiro atoms. The lowest BCUT2D eigenvalue weighted by Gasteiger charge is -2.10. The van der Waals surface area contributed by atoms with Gasteiger partial charge in [0.25, 0.3) is 0 Å². The minimum Gasteiger partial charge on any atom is -0.337 e. The van der Waals surface area contributed by atoms with Gasteiger partial charge in [0.1, 0.15) is 18.7 Å². The van der Waals surface area contributed by atoms with E-state index in [1.165, 1.54) is 0 Å². The van der Waals surface area contributed by atoms with Gasteiger partial charge in [-0.25, -0.2) is 9.67 Å². The zero-order valence-corrected chi connectivity index (χ0v) is 10.6. The third kappa shape index (κ3) is 2.69. The molecular formula is C11H17N5O. The standard InChI is InChI=1S/C11H17N5O/c1-5-8-12-7-16(14-8)6-9-13-10(15-17-9)11(2,3)4/h7H,5-6H2,1-4H3. The summed E-state index contributed by atoms with van der Waals surface area (Å²) in [6.07, 6.45) is 2.50. The van der Waals surface area contributed by atoms with Crippen molar-refractivity contribution in [3.63, 3.8) is 0 Å². The van der Waals surface area contributed by atoms with Crippen LogP contribution in [0.25, 0.3) is 0 Å². The van der Waals surface area contributed by atoms with Crippen molar-refractivity contribution in [2.45, 2.75) is 46.1 Å². The molecule has 0 aliphatic carbocycles. The smallest absolute Gasteiger partial charge is 0.248 e. The molecule has 0 saturated carbocycles. The van der Waals surface area contributed by atoms with Crippen LogP contribution in [-0.2, 0) is 18.4 Å². The van der Waals surface area contributed by atoms with Crippen LogP contribution in [0.15, 0.2) is 10.9 Å². The Morgan fingerprint density at radius 1 is 1.35 bits per heavy atom. The molecule has 0 aromatic carbocycles. The third-order valence-electron chi connectivity index (χ3n) is 2.34. The first-order valence-electron chi connectivity index (χ1n) is 5.70. The molecule has 6 heteroatoms. The van der Waals surface area contributed by atoms with Crippen LogP contribution >= 0.6 is 0 Å². The Hall–Kier alpha value is -1.72. The molecule has 2 aromatic heterocycles. The first-order chi connectivity index (χ1) is 7.99. The number of nitrogens with zero attached hydrogens (tertiary/aromatic N) is 5. The average Bonchev–Trinajstić information content (AvgIpc) is 2.86. The summed E-state index contributed by atoms with van der Waals surface area (Å²) in [5.74, 6) is 2.09.